The van der Waals surface area contributed by atoms with Crippen LogP contribution in [0.4, 0.5) is 4.79 Å². The number of carboxylic acids is 1. The predicted octanol–water partition coefficient (Wildman–Crippen LogP) is 3.88. The monoisotopic (exact) mass is 515 g/mol. The second-order valence-electron chi connectivity index (χ2n) is 10.5. The molecule has 1 saturated heterocycles. The molecular formula is C29H33N5O4. The first-order valence-electron chi connectivity index (χ1n) is 13.4. The van der Waals surface area contributed by atoms with Crippen LogP contribution in [-0.4, -0.2) is 74.2 Å². The van der Waals surface area contributed by atoms with Crippen LogP contribution >= 0.6 is 0 Å². The van der Waals surface area contributed by atoms with Gasteiger partial charge in [-0.05, 0) is 60.1 Å². The summed E-state index contributed by atoms with van der Waals surface area (Å²) in [6.07, 6.45) is 6.63. The Morgan fingerprint density at radius 3 is 2.74 bits per heavy atom. The first kappa shape index (κ1) is 24.6. The summed E-state index contributed by atoms with van der Waals surface area (Å²) in [5, 5.41) is 18.7. The maximum Gasteiger partial charge on any atom is 0.320 e. The van der Waals surface area contributed by atoms with Crippen LogP contribution in [0.25, 0.3) is 11.0 Å². The number of aliphatic carboxylic acids is 1. The van der Waals surface area contributed by atoms with Crippen molar-refractivity contribution in [3.8, 4) is 0 Å². The summed E-state index contributed by atoms with van der Waals surface area (Å²) in [5.74, 6) is -1.18. The zero-order valence-corrected chi connectivity index (χ0v) is 21.7. The van der Waals surface area contributed by atoms with E-state index < -0.39 is 5.97 Å². The number of benzene rings is 2. The number of carboxylic acid groups (broad SMARTS) is 1. The van der Waals surface area contributed by atoms with Crippen molar-refractivity contribution in [2.75, 3.05) is 26.2 Å². The molecule has 6 aliphatic heterocycles. The van der Waals surface area contributed by atoms with Gasteiger partial charge in [-0.25, -0.2) is 9.48 Å². The van der Waals surface area contributed by atoms with Crippen LogP contribution in [0, 0.1) is 6.92 Å². The molecule has 0 aliphatic carbocycles. The summed E-state index contributed by atoms with van der Waals surface area (Å²) in [6, 6.07) is 10.4. The number of carbonyl (C=O) groups excluding carboxylic acids is 1. The third-order valence-corrected chi connectivity index (χ3v) is 8.24. The molecule has 1 N–H and O–H groups in total. The lowest BCUT2D eigenvalue weighted by Gasteiger charge is -2.37. The van der Waals surface area contributed by atoms with Gasteiger partial charge in [0, 0.05) is 32.1 Å². The van der Waals surface area contributed by atoms with Crippen LogP contribution in [0.5, 0.6) is 0 Å². The van der Waals surface area contributed by atoms with E-state index in [0.717, 1.165) is 52.5 Å². The highest BCUT2D eigenvalue weighted by molar-refractivity contribution is 5.80. The van der Waals surface area contributed by atoms with Crippen molar-refractivity contribution in [1.29, 1.82) is 0 Å². The number of urea groups is 1. The van der Waals surface area contributed by atoms with Crippen molar-refractivity contribution in [1.82, 2.24) is 24.8 Å². The van der Waals surface area contributed by atoms with E-state index in [9.17, 15) is 14.7 Å². The number of ether oxygens (including phenoxy) is 1. The minimum Gasteiger partial charge on any atom is -0.481 e. The molecule has 1 atom stereocenters. The van der Waals surface area contributed by atoms with Gasteiger partial charge in [0.1, 0.15) is 5.52 Å². The van der Waals surface area contributed by atoms with Gasteiger partial charge in [0.15, 0.2) is 0 Å². The summed E-state index contributed by atoms with van der Waals surface area (Å²) in [5.41, 5.74) is 6.85. The highest BCUT2D eigenvalue weighted by Gasteiger charge is 2.30. The molecule has 1 aromatic heterocycles. The van der Waals surface area contributed by atoms with Gasteiger partial charge in [-0.3, -0.25) is 4.79 Å². The first-order valence-corrected chi connectivity index (χ1v) is 13.4. The summed E-state index contributed by atoms with van der Waals surface area (Å²) in [7, 11) is 0. The molecule has 7 heterocycles. The number of hydrogen-bond donors (Lipinski definition) is 1. The summed E-state index contributed by atoms with van der Waals surface area (Å²) in [6.45, 7) is 5.71. The second kappa shape index (κ2) is 10.2. The first-order chi connectivity index (χ1) is 18.5. The molecule has 2 amide bonds. The fourth-order valence-corrected chi connectivity index (χ4v) is 6.08. The van der Waals surface area contributed by atoms with E-state index in [2.05, 4.69) is 28.5 Å². The fourth-order valence-electron chi connectivity index (χ4n) is 6.08. The normalized spacial score (nSPS) is 22.8. The Bertz CT molecular complexity index is 1410. The summed E-state index contributed by atoms with van der Waals surface area (Å²) < 4.78 is 7.92. The topological polar surface area (TPSA) is 101 Å². The number of carbonyl (C=O) groups is 2. The van der Waals surface area contributed by atoms with E-state index in [-0.39, 0.29) is 24.5 Å². The van der Waals surface area contributed by atoms with E-state index in [0.29, 0.717) is 39.3 Å². The highest BCUT2D eigenvalue weighted by atomic mass is 16.5. The van der Waals surface area contributed by atoms with Crippen molar-refractivity contribution < 1.29 is 19.4 Å². The lowest BCUT2D eigenvalue weighted by Crippen LogP contribution is -2.49. The molecule has 9 nitrogen and oxygen atoms in total. The van der Waals surface area contributed by atoms with Crippen molar-refractivity contribution >= 4 is 23.0 Å². The molecule has 1 fully saturated rings. The molecule has 198 valence electrons. The molecule has 0 spiro atoms. The number of hydrogen-bond acceptors (Lipinski definition) is 5. The Hall–Kier alpha value is -3.72. The molecule has 9 heteroatoms. The van der Waals surface area contributed by atoms with E-state index in [1.165, 1.54) is 5.56 Å². The molecule has 0 radical (unpaired) electrons. The number of allylic oxidation sites excluding steroid dienone is 1. The minimum absolute atomic E-state index is 0.0282. The van der Waals surface area contributed by atoms with Crippen LogP contribution in [0.2, 0.25) is 0 Å². The SMILES string of the molecule is Cc1c2ccc3c1nnn3C/C=C\COC1CCN(CC1)C(=O)N1CCc3ccc(cc3C1)C2CC(=O)O. The number of aromatic nitrogens is 3. The number of nitrogens with zero attached hydrogens (tertiary/aromatic N) is 5. The van der Waals surface area contributed by atoms with E-state index >= 15 is 0 Å². The smallest absolute Gasteiger partial charge is 0.320 e. The Kier molecular flexibility index (Phi) is 6.61. The lowest BCUT2D eigenvalue weighted by molar-refractivity contribution is -0.137. The molecule has 2 aromatic carbocycles. The third-order valence-electron chi connectivity index (χ3n) is 8.24. The largest absolute Gasteiger partial charge is 0.481 e. The molecular weight excluding hydrogens is 482 g/mol. The molecule has 6 aliphatic rings. The van der Waals surface area contributed by atoms with Crippen LogP contribution in [0.15, 0.2) is 42.5 Å². The van der Waals surface area contributed by atoms with Gasteiger partial charge in [0.25, 0.3) is 0 Å². The van der Waals surface area contributed by atoms with Gasteiger partial charge in [-0.2, -0.15) is 0 Å². The van der Waals surface area contributed by atoms with E-state index in [1.807, 2.05) is 45.7 Å². The average molecular weight is 516 g/mol. The van der Waals surface area contributed by atoms with Gasteiger partial charge >= 0.3 is 12.0 Å². The van der Waals surface area contributed by atoms with E-state index in [4.69, 9.17) is 4.74 Å². The molecule has 0 saturated carbocycles. The van der Waals surface area contributed by atoms with Crippen molar-refractivity contribution in [2.24, 2.45) is 0 Å². The third kappa shape index (κ3) is 4.67. The number of aryl methyl sites for hydroxylation is 1. The second-order valence-corrected chi connectivity index (χ2v) is 10.5. The van der Waals surface area contributed by atoms with Gasteiger partial charge < -0.3 is 19.6 Å². The summed E-state index contributed by atoms with van der Waals surface area (Å²) >= 11 is 0. The van der Waals surface area contributed by atoms with Gasteiger partial charge in [-0.15, -0.1) is 5.10 Å². The fraction of sp³-hybridized carbons (Fsp3) is 0.448. The average Bonchev–Trinajstić information content (AvgIpc) is 3.34. The Morgan fingerprint density at radius 1 is 1.08 bits per heavy atom. The van der Waals surface area contributed by atoms with Gasteiger partial charge in [0.05, 0.1) is 31.2 Å². The van der Waals surface area contributed by atoms with E-state index in [1.54, 1.807) is 0 Å². The quantitative estimate of drug-likeness (QED) is 0.520. The Morgan fingerprint density at radius 2 is 1.92 bits per heavy atom. The van der Waals surface area contributed by atoms with Crippen LogP contribution < -0.4 is 0 Å². The number of amides is 2. The van der Waals surface area contributed by atoms with Crippen molar-refractivity contribution in [2.45, 2.75) is 57.7 Å². The number of piperidine rings is 1. The minimum atomic E-state index is -0.853. The predicted molar refractivity (Wildman–Crippen MR) is 142 cm³/mol. The molecule has 38 heavy (non-hydrogen) atoms. The maximum atomic E-state index is 13.4. The van der Waals surface area contributed by atoms with Gasteiger partial charge in [0.2, 0.25) is 0 Å². The number of rotatable bonds is 2. The Balaban J connectivity index is 1.42. The lowest BCUT2D eigenvalue weighted by atomic mass is 9.83. The summed E-state index contributed by atoms with van der Waals surface area (Å²) in [4.78, 5) is 29.2. The zero-order valence-electron chi connectivity index (χ0n) is 21.7. The standard InChI is InChI=1S/C29H33N5O4/c1-19-24-6-7-26-28(19)30-31-34(26)11-2-3-15-38-23-9-13-32(14-10-23)29(37)33-12-8-20-4-5-21(16-22(20)18-33)25(24)17-27(35)36/h2-7,16,23,25H,8-15,17-18H2,1H3,(H,35,36)/b3-2-. The van der Waals surface area contributed by atoms with Crippen LogP contribution in [0.3, 0.4) is 0 Å². The van der Waals surface area contributed by atoms with Crippen LogP contribution in [0.1, 0.15) is 53.0 Å². The Labute approximate surface area is 221 Å². The van der Waals surface area contributed by atoms with Crippen molar-refractivity contribution in [3.05, 3.63) is 70.3 Å². The zero-order chi connectivity index (χ0) is 26.2. The van der Waals surface area contributed by atoms with Crippen molar-refractivity contribution in [3.63, 3.8) is 0 Å². The maximum absolute atomic E-state index is 13.4. The molecule has 9 bridgehead atoms. The van der Waals surface area contributed by atoms with Gasteiger partial charge in [-0.1, -0.05) is 41.6 Å². The molecule has 3 aromatic rings. The molecule has 1 unspecified atom stereocenters. The molecule has 9 rings (SSSR count). The van der Waals surface area contributed by atoms with Crippen LogP contribution in [-0.2, 0) is 29.0 Å². The highest BCUT2D eigenvalue weighted by Crippen LogP contribution is 2.35.